The maximum atomic E-state index is 10.1. The standard InChI is InChI=1S/C14H17ClN4OS/c15-12-4-3-11(21-12)10(20)8-16-13-7-14(18-9-17-13)19-5-1-2-6-19/h3-4,7,9-10,20H,1-2,5-6,8H2,(H,16,17,18). The zero-order chi connectivity index (χ0) is 14.7. The van der Waals surface area contributed by atoms with E-state index in [0.29, 0.717) is 10.9 Å². The first-order valence-corrected chi connectivity index (χ1v) is 8.16. The lowest BCUT2D eigenvalue weighted by Gasteiger charge is -2.17. The van der Waals surface area contributed by atoms with Gasteiger partial charge in [0, 0.05) is 30.6 Å². The molecule has 0 aliphatic carbocycles. The number of nitrogens with one attached hydrogen (secondary N) is 1. The fraction of sp³-hybridized carbons (Fsp3) is 0.429. The summed E-state index contributed by atoms with van der Waals surface area (Å²) in [5.74, 6) is 1.67. The van der Waals surface area contributed by atoms with E-state index in [1.165, 1.54) is 24.2 Å². The molecule has 1 unspecified atom stereocenters. The largest absolute Gasteiger partial charge is 0.386 e. The van der Waals surface area contributed by atoms with Gasteiger partial charge in [-0.05, 0) is 25.0 Å². The summed E-state index contributed by atoms with van der Waals surface area (Å²) in [7, 11) is 0. The Hall–Kier alpha value is -1.37. The van der Waals surface area contributed by atoms with Crippen molar-refractivity contribution < 1.29 is 5.11 Å². The number of anilines is 2. The molecule has 1 aliphatic rings. The molecule has 1 saturated heterocycles. The number of aliphatic hydroxyl groups excluding tert-OH is 1. The summed E-state index contributed by atoms with van der Waals surface area (Å²) in [6.07, 6.45) is 3.40. The Balaban J connectivity index is 1.61. The minimum atomic E-state index is -0.590. The van der Waals surface area contributed by atoms with Crippen molar-refractivity contribution in [2.45, 2.75) is 18.9 Å². The first-order chi connectivity index (χ1) is 10.2. The van der Waals surface area contributed by atoms with Crippen LogP contribution in [0.3, 0.4) is 0 Å². The summed E-state index contributed by atoms with van der Waals surface area (Å²) >= 11 is 7.26. The van der Waals surface area contributed by atoms with Crippen LogP contribution in [0.25, 0.3) is 0 Å². The van der Waals surface area contributed by atoms with E-state index in [-0.39, 0.29) is 0 Å². The minimum Gasteiger partial charge on any atom is -0.386 e. The molecule has 0 saturated carbocycles. The highest BCUT2D eigenvalue weighted by Gasteiger charge is 2.15. The van der Waals surface area contributed by atoms with E-state index in [1.807, 2.05) is 12.1 Å². The fourth-order valence-corrected chi connectivity index (χ4v) is 3.42. The van der Waals surface area contributed by atoms with E-state index in [9.17, 15) is 5.11 Å². The van der Waals surface area contributed by atoms with Crippen LogP contribution in [0.4, 0.5) is 11.6 Å². The highest BCUT2D eigenvalue weighted by Crippen LogP contribution is 2.27. The number of hydrogen-bond acceptors (Lipinski definition) is 6. The lowest BCUT2D eigenvalue weighted by molar-refractivity contribution is 0.195. The van der Waals surface area contributed by atoms with Crippen molar-refractivity contribution in [2.24, 2.45) is 0 Å². The van der Waals surface area contributed by atoms with Crippen LogP contribution in [0.15, 0.2) is 24.5 Å². The molecule has 0 bridgehead atoms. The monoisotopic (exact) mass is 324 g/mol. The maximum absolute atomic E-state index is 10.1. The summed E-state index contributed by atoms with van der Waals surface area (Å²) in [5, 5.41) is 13.3. The quantitative estimate of drug-likeness (QED) is 0.885. The molecule has 1 atom stereocenters. The van der Waals surface area contributed by atoms with E-state index < -0.39 is 6.10 Å². The van der Waals surface area contributed by atoms with Crippen LogP contribution in [0, 0.1) is 0 Å². The molecular formula is C14H17ClN4OS. The number of aromatic nitrogens is 2. The van der Waals surface area contributed by atoms with Crippen molar-refractivity contribution in [3.05, 3.63) is 33.7 Å². The summed E-state index contributed by atoms with van der Waals surface area (Å²) in [5.41, 5.74) is 0. The van der Waals surface area contributed by atoms with Crippen molar-refractivity contribution in [3.63, 3.8) is 0 Å². The predicted octanol–water partition coefficient (Wildman–Crippen LogP) is 2.94. The third-order valence-corrected chi connectivity index (χ3v) is 4.81. The average Bonchev–Trinajstić information content (AvgIpc) is 3.16. The van der Waals surface area contributed by atoms with Gasteiger partial charge in [-0.3, -0.25) is 0 Å². The van der Waals surface area contributed by atoms with E-state index in [0.717, 1.165) is 29.6 Å². The lowest BCUT2D eigenvalue weighted by atomic mass is 10.3. The predicted molar refractivity (Wildman–Crippen MR) is 86.3 cm³/mol. The zero-order valence-corrected chi connectivity index (χ0v) is 13.1. The number of rotatable bonds is 5. The second-order valence-corrected chi connectivity index (χ2v) is 6.74. The maximum Gasteiger partial charge on any atom is 0.134 e. The van der Waals surface area contributed by atoms with Crippen molar-refractivity contribution in [2.75, 3.05) is 29.9 Å². The van der Waals surface area contributed by atoms with Crippen LogP contribution < -0.4 is 10.2 Å². The minimum absolute atomic E-state index is 0.396. The highest BCUT2D eigenvalue weighted by molar-refractivity contribution is 7.16. The van der Waals surface area contributed by atoms with Crippen molar-refractivity contribution in [3.8, 4) is 0 Å². The molecule has 0 amide bonds. The summed E-state index contributed by atoms with van der Waals surface area (Å²) in [6, 6.07) is 5.56. The molecular weight excluding hydrogens is 308 g/mol. The number of thiophene rings is 1. The molecule has 3 heterocycles. The second kappa shape index (κ2) is 6.60. The Morgan fingerprint density at radius 1 is 1.33 bits per heavy atom. The fourth-order valence-electron chi connectivity index (χ4n) is 2.37. The van der Waals surface area contributed by atoms with Crippen LogP contribution in [0.1, 0.15) is 23.8 Å². The van der Waals surface area contributed by atoms with E-state index in [1.54, 1.807) is 12.4 Å². The number of aliphatic hydroxyl groups is 1. The van der Waals surface area contributed by atoms with Crippen molar-refractivity contribution in [1.82, 2.24) is 9.97 Å². The van der Waals surface area contributed by atoms with Gasteiger partial charge < -0.3 is 15.3 Å². The number of hydrogen-bond donors (Lipinski definition) is 2. The molecule has 7 heteroatoms. The summed E-state index contributed by atoms with van der Waals surface area (Å²) in [6.45, 7) is 2.49. The van der Waals surface area contributed by atoms with Gasteiger partial charge in [-0.25, -0.2) is 9.97 Å². The molecule has 21 heavy (non-hydrogen) atoms. The van der Waals surface area contributed by atoms with Crippen LogP contribution >= 0.6 is 22.9 Å². The van der Waals surface area contributed by atoms with Crippen LogP contribution in [0.5, 0.6) is 0 Å². The Kier molecular flexibility index (Phi) is 4.57. The van der Waals surface area contributed by atoms with Gasteiger partial charge in [0.25, 0.3) is 0 Å². The van der Waals surface area contributed by atoms with Crippen molar-refractivity contribution >= 4 is 34.6 Å². The first-order valence-electron chi connectivity index (χ1n) is 6.96. The molecule has 1 fully saturated rings. The molecule has 2 aromatic rings. The molecule has 3 rings (SSSR count). The average molecular weight is 325 g/mol. The van der Waals surface area contributed by atoms with Crippen molar-refractivity contribution in [1.29, 1.82) is 0 Å². The lowest BCUT2D eigenvalue weighted by Crippen LogP contribution is -2.19. The number of halogens is 1. The van der Waals surface area contributed by atoms with Crippen LogP contribution in [-0.2, 0) is 0 Å². The van der Waals surface area contributed by atoms with Crippen LogP contribution in [0.2, 0.25) is 4.34 Å². The van der Waals surface area contributed by atoms with Gasteiger partial charge in [0.15, 0.2) is 0 Å². The number of nitrogens with zero attached hydrogens (tertiary/aromatic N) is 3. The zero-order valence-electron chi connectivity index (χ0n) is 11.5. The van der Waals surface area contributed by atoms with E-state index in [4.69, 9.17) is 11.6 Å². The van der Waals surface area contributed by atoms with Gasteiger partial charge in [-0.1, -0.05) is 11.6 Å². The topological polar surface area (TPSA) is 61.3 Å². The Bertz CT molecular complexity index is 600. The molecule has 0 radical (unpaired) electrons. The molecule has 2 N–H and O–H groups in total. The third-order valence-electron chi connectivity index (χ3n) is 3.48. The Morgan fingerprint density at radius 2 is 2.14 bits per heavy atom. The van der Waals surface area contributed by atoms with Gasteiger partial charge in [-0.15, -0.1) is 11.3 Å². The highest BCUT2D eigenvalue weighted by atomic mass is 35.5. The van der Waals surface area contributed by atoms with Crippen LogP contribution in [-0.4, -0.2) is 34.7 Å². The molecule has 2 aromatic heterocycles. The van der Waals surface area contributed by atoms with E-state index >= 15 is 0 Å². The smallest absolute Gasteiger partial charge is 0.134 e. The van der Waals surface area contributed by atoms with Gasteiger partial charge >= 0.3 is 0 Å². The SMILES string of the molecule is OC(CNc1cc(N2CCCC2)ncn1)c1ccc(Cl)s1. The Morgan fingerprint density at radius 3 is 2.86 bits per heavy atom. The molecule has 1 aliphatic heterocycles. The molecule has 5 nitrogen and oxygen atoms in total. The van der Waals surface area contributed by atoms with Gasteiger partial charge in [-0.2, -0.15) is 0 Å². The summed E-state index contributed by atoms with van der Waals surface area (Å²) < 4.78 is 0.683. The first kappa shape index (κ1) is 14.6. The Labute approximate surface area is 132 Å². The summed E-state index contributed by atoms with van der Waals surface area (Å²) in [4.78, 5) is 11.6. The molecule has 0 spiro atoms. The third kappa shape index (κ3) is 3.64. The molecule has 112 valence electrons. The van der Waals surface area contributed by atoms with Gasteiger partial charge in [0.2, 0.25) is 0 Å². The normalized spacial score (nSPS) is 16.2. The van der Waals surface area contributed by atoms with E-state index in [2.05, 4.69) is 20.2 Å². The van der Waals surface area contributed by atoms with Gasteiger partial charge in [0.1, 0.15) is 24.1 Å². The van der Waals surface area contributed by atoms with Gasteiger partial charge in [0.05, 0.1) is 4.34 Å². The second-order valence-electron chi connectivity index (χ2n) is 4.99. The molecule has 0 aromatic carbocycles.